The second-order valence-electron chi connectivity index (χ2n) is 4.23. The van der Waals surface area contributed by atoms with E-state index in [1.165, 1.54) is 0 Å². The molecule has 1 aromatic rings. The van der Waals surface area contributed by atoms with E-state index in [4.69, 9.17) is 4.52 Å². The summed E-state index contributed by atoms with van der Waals surface area (Å²) in [5.74, 6) is 0.909. The van der Waals surface area contributed by atoms with Crippen LogP contribution in [0.4, 0.5) is 4.79 Å². The molecule has 1 aliphatic heterocycles. The molecule has 8 nitrogen and oxygen atoms in total. The van der Waals surface area contributed by atoms with Crippen LogP contribution in [0.5, 0.6) is 0 Å². The summed E-state index contributed by atoms with van der Waals surface area (Å²) in [4.78, 5) is 28.4. The summed E-state index contributed by atoms with van der Waals surface area (Å²) in [5.41, 5.74) is 0. The second-order valence-corrected chi connectivity index (χ2v) is 4.23. The maximum Gasteiger partial charge on any atom is 0.315 e. The van der Waals surface area contributed by atoms with Crippen LogP contribution in [0.15, 0.2) is 4.52 Å². The van der Waals surface area contributed by atoms with Gasteiger partial charge in [-0.05, 0) is 0 Å². The Hall–Kier alpha value is -2.12. The summed E-state index contributed by atoms with van der Waals surface area (Å²) in [6.07, 6.45) is 0.339. The van der Waals surface area contributed by atoms with Crippen LogP contribution in [0, 0.1) is 6.92 Å². The highest BCUT2D eigenvalue weighted by Crippen LogP contribution is 2.07. The van der Waals surface area contributed by atoms with Crippen LogP contribution in [-0.2, 0) is 11.3 Å². The van der Waals surface area contributed by atoms with E-state index in [2.05, 4.69) is 20.8 Å². The van der Waals surface area contributed by atoms with Gasteiger partial charge in [0.25, 0.3) is 0 Å². The van der Waals surface area contributed by atoms with Gasteiger partial charge >= 0.3 is 6.03 Å². The topological polar surface area (TPSA) is 100 Å². The Morgan fingerprint density at radius 1 is 1.61 bits per heavy atom. The van der Waals surface area contributed by atoms with Gasteiger partial charge < -0.3 is 20.1 Å². The van der Waals surface area contributed by atoms with E-state index in [-0.39, 0.29) is 24.5 Å². The van der Waals surface area contributed by atoms with Gasteiger partial charge in [0.15, 0.2) is 5.82 Å². The first-order valence-electron chi connectivity index (χ1n) is 5.62. The molecular weight excluding hydrogens is 238 g/mol. The average Bonchev–Trinajstić information content (AvgIpc) is 2.84. The normalized spacial score (nSPS) is 19.1. The lowest BCUT2D eigenvalue weighted by Crippen LogP contribution is -2.42. The molecule has 0 spiro atoms. The van der Waals surface area contributed by atoms with Gasteiger partial charge in [0, 0.05) is 26.9 Å². The third kappa shape index (κ3) is 2.96. The molecule has 18 heavy (non-hydrogen) atoms. The summed E-state index contributed by atoms with van der Waals surface area (Å²) >= 11 is 0. The zero-order valence-corrected chi connectivity index (χ0v) is 10.3. The largest absolute Gasteiger partial charge is 0.344 e. The lowest BCUT2D eigenvalue weighted by Gasteiger charge is -2.12. The Kier molecular flexibility index (Phi) is 3.45. The zero-order chi connectivity index (χ0) is 13.1. The quantitative estimate of drug-likeness (QED) is 0.749. The monoisotopic (exact) mass is 253 g/mol. The number of amides is 3. The summed E-state index contributed by atoms with van der Waals surface area (Å²) < 4.78 is 4.77. The van der Waals surface area contributed by atoms with Gasteiger partial charge in [0.2, 0.25) is 11.8 Å². The van der Waals surface area contributed by atoms with Crippen molar-refractivity contribution in [1.82, 2.24) is 25.7 Å². The Labute approximate surface area is 104 Å². The lowest BCUT2D eigenvalue weighted by atomic mass is 10.3. The van der Waals surface area contributed by atoms with Gasteiger partial charge in [0.05, 0.1) is 12.6 Å². The van der Waals surface area contributed by atoms with Crippen LogP contribution in [0.3, 0.4) is 0 Å². The molecule has 0 radical (unpaired) electrons. The highest BCUT2D eigenvalue weighted by atomic mass is 16.5. The van der Waals surface area contributed by atoms with Crippen LogP contribution in [0.1, 0.15) is 18.1 Å². The number of nitrogens with zero attached hydrogens (tertiary/aromatic N) is 3. The Morgan fingerprint density at radius 3 is 2.94 bits per heavy atom. The highest BCUT2D eigenvalue weighted by Gasteiger charge is 2.27. The molecule has 0 bridgehead atoms. The predicted molar refractivity (Wildman–Crippen MR) is 60.4 cm³/mol. The van der Waals surface area contributed by atoms with Crippen molar-refractivity contribution in [2.45, 2.75) is 25.9 Å². The van der Waals surface area contributed by atoms with E-state index in [1.54, 1.807) is 18.9 Å². The Bertz CT molecular complexity index is 458. The number of hydrogen-bond acceptors (Lipinski definition) is 5. The smallest absolute Gasteiger partial charge is 0.315 e. The van der Waals surface area contributed by atoms with E-state index in [1.807, 2.05) is 0 Å². The Morgan fingerprint density at radius 2 is 2.39 bits per heavy atom. The first kappa shape index (κ1) is 12.3. The van der Waals surface area contributed by atoms with Gasteiger partial charge in [0.1, 0.15) is 0 Å². The van der Waals surface area contributed by atoms with E-state index < -0.39 is 0 Å². The summed E-state index contributed by atoms with van der Waals surface area (Å²) in [6, 6.07) is -0.486. The fourth-order valence-corrected chi connectivity index (χ4v) is 1.77. The number of likely N-dealkylation sites (tertiary alicyclic amines) is 1. The van der Waals surface area contributed by atoms with Crippen LogP contribution < -0.4 is 10.6 Å². The lowest BCUT2D eigenvalue weighted by molar-refractivity contribution is -0.126. The number of carbonyl (C=O) groups excluding carboxylic acids is 2. The van der Waals surface area contributed by atoms with Gasteiger partial charge in [-0.15, -0.1) is 0 Å². The molecule has 2 rings (SSSR count). The Balaban J connectivity index is 1.74. The summed E-state index contributed by atoms with van der Waals surface area (Å²) in [6.45, 7) is 2.41. The number of nitrogens with one attached hydrogen (secondary N) is 2. The first-order valence-corrected chi connectivity index (χ1v) is 5.62. The molecule has 0 aromatic carbocycles. The molecule has 1 unspecified atom stereocenters. The molecule has 2 heterocycles. The second kappa shape index (κ2) is 5.03. The molecule has 1 fully saturated rings. The summed E-state index contributed by atoms with van der Waals surface area (Å²) in [7, 11) is 1.71. The zero-order valence-electron chi connectivity index (χ0n) is 10.3. The number of urea groups is 1. The number of aromatic nitrogens is 2. The molecule has 1 atom stereocenters. The molecule has 2 N–H and O–H groups in total. The molecule has 1 aliphatic rings. The average molecular weight is 253 g/mol. The number of carbonyl (C=O) groups is 2. The van der Waals surface area contributed by atoms with E-state index in [0.717, 1.165) is 0 Å². The number of likely N-dealkylation sites (N-methyl/N-ethyl adjacent to an activating group) is 1. The maximum atomic E-state index is 11.6. The van der Waals surface area contributed by atoms with Crippen molar-refractivity contribution in [2.24, 2.45) is 0 Å². The molecule has 3 amide bonds. The van der Waals surface area contributed by atoms with Crippen molar-refractivity contribution in [3.8, 4) is 0 Å². The molecule has 8 heteroatoms. The molecule has 0 aliphatic carbocycles. The molecule has 1 aromatic heterocycles. The number of aryl methyl sites for hydroxylation is 1. The minimum Gasteiger partial charge on any atom is -0.344 e. The van der Waals surface area contributed by atoms with Crippen LogP contribution in [0.25, 0.3) is 0 Å². The predicted octanol–water partition coefficient (Wildman–Crippen LogP) is -0.592. The molecular formula is C10H15N5O3. The van der Waals surface area contributed by atoms with Crippen LogP contribution in [-0.4, -0.2) is 46.6 Å². The van der Waals surface area contributed by atoms with Crippen molar-refractivity contribution < 1.29 is 14.1 Å². The summed E-state index contributed by atoms with van der Waals surface area (Å²) in [5, 5.41) is 8.97. The van der Waals surface area contributed by atoms with Crippen molar-refractivity contribution in [2.75, 3.05) is 13.6 Å². The highest BCUT2D eigenvalue weighted by molar-refractivity contribution is 5.81. The van der Waals surface area contributed by atoms with E-state index >= 15 is 0 Å². The SMILES string of the molecule is Cc1nc(CNC(=O)NC2CC(=O)N(C)C2)no1. The molecule has 0 saturated carbocycles. The third-order valence-electron chi connectivity index (χ3n) is 2.65. The van der Waals surface area contributed by atoms with Crippen LogP contribution in [0.2, 0.25) is 0 Å². The minimum atomic E-state index is -0.342. The minimum absolute atomic E-state index is 0.0362. The van der Waals surface area contributed by atoms with Gasteiger partial charge in [-0.2, -0.15) is 4.98 Å². The number of hydrogen-bond donors (Lipinski definition) is 2. The van der Waals surface area contributed by atoms with Crippen molar-refractivity contribution in [1.29, 1.82) is 0 Å². The fraction of sp³-hybridized carbons (Fsp3) is 0.600. The van der Waals surface area contributed by atoms with Crippen LogP contribution >= 0.6 is 0 Å². The number of rotatable bonds is 3. The van der Waals surface area contributed by atoms with E-state index in [9.17, 15) is 9.59 Å². The van der Waals surface area contributed by atoms with Crippen molar-refractivity contribution in [3.63, 3.8) is 0 Å². The van der Waals surface area contributed by atoms with Crippen molar-refractivity contribution in [3.05, 3.63) is 11.7 Å². The first-order chi connectivity index (χ1) is 8.54. The maximum absolute atomic E-state index is 11.6. The fourth-order valence-electron chi connectivity index (χ4n) is 1.77. The molecule has 98 valence electrons. The van der Waals surface area contributed by atoms with Gasteiger partial charge in [-0.25, -0.2) is 4.79 Å². The van der Waals surface area contributed by atoms with E-state index in [0.29, 0.717) is 24.7 Å². The van der Waals surface area contributed by atoms with Crippen molar-refractivity contribution >= 4 is 11.9 Å². The van der Waals surface area contributed by atoms with Gasteiger partial charge in [-0.3, -0.25) is 4.79 Å². The third-order valence-corrected chi connectivity index (χ3v) is 2.65. The standard InChI is InChI=1S/C10H15N5O3/c1-6-12-8(14-18-6)4-11-10(17)13-7-3-9(16)15(2)5-7/h7H,3-5H2,1-2H3,(H2,11,13,17). The molecule has 1 saturated heterocycles. The van der Waals surface area contributed by atoms with Gasteiger partial charge in [-0.1, -0.05) is 5.16 Å².